The van der Waals surface area contributed by atoms with Crippen LogP contribution in [0.5, 0.6) is 0 Å². The van der Waals surface area contributed by atoms with Gasteiger partial charge in [-0.3, -0.25) is 0 Å². The zero-order valence-corrected chi connectivity index (χ0v) is 9.39. The molecular weight excluding hydrogens is 213 g/mol. The SMILES string of the molecule is CN1C[C@H]2C[C@]2(c2ccc(F)c(Cl)c2)C1. The highest BCUT2D eigenvalue weighted by Gasteiger charge is 2.59. The topological polar surface area (TPSA) is 3.24 Å². The smallest absolute Gasteiger partial charge is 0.141 e. The minimum absolute atomic E-state index is 0.252. The maximum absolute atomic E-state index is 13.1. The third kappa shape index (κ3) is 1.31. The van der Waals surface area contributed by atoms with Crippen LogP contribution < -0.4 is 0 Å². The Bertz CT molecular complexity index is 420. The van der Waals surface area contributed by atoms with Gasteiger partial charge >= 0.3 is 0 Å². The van der Waals surface area contributed by atoms with Crippen LogP contribution in [0, 0.1) is 11.7 Å². The largest absolute Gasteiger partial charge is 0.305 e. The Morgan fingerprint density at radius 3 is 2.93 bits per heavy atom. The van der Waals surface area contributed by atoms with Gasteiger partial charge < -0.3 is 4.90 Å². The highest BCUT2D eigenvalue weighted by Crippen LogP contribution is 2.58. The quantitative estimate of drug-likeness (QED) is 0.711. The van der Waals surface area contributed by atoms with E-state index in [9.17, 15) is 4.39 Å². The highest BCUT2D eigenvalue weighted by molar-refractivity contribution is 6.30. The highest BCUT2D eigenvalue weighted by atomic mass is 35.5. The molecule has 1 heterocycles. The summed E-state index contributed by atoms with van der Waals surface area (Å²) in [6.07, 6.45) is 1.24. The third-order valence-corrected chi connectivity index (χ3v) is 4.10. The van der Waals surface area contributed by atoms with E-state index in [2.05, 4.69) is 11.9 Å². The van der Waals surface area contributed by atoms with Crippen molar-refractivity contribution in [1.82, 2.24) is 4.90 Å². The number of rotatable bonds is 1. The fourth-order valence-electron chi connectivity index (χ4n) is 2.99. The molecule has 1 aromatic rings. The summed E-state index contributed by atoms with van der Waals surface area (Å²) < 4.78 is 13.1. The van der Waals surface area contributed by atoms with Crippen molar-refractivity contribution in [2.45, 2.75) is 11.8 Å². The minimum atomic E-state index is -0.319. The molecule has 1 saturated heterocycles. The number of piperidine rings is 1. The fraction of sp³-hybridized carbons (Fsp3) is 0.500. The second-order valence-corrected chi connectivity index (χ2v) is 5.29. The Kier molecular flexibility index (Phi) is 1.89. The number of hydrogen-bond donors (Lipinski definition) is 0. The first-order chi connectivity index (χ1) is 7.12. The van der Waals surface area contributed by atoms with Crippen LogP contribution >= 0.6 is 11.6 Å². The van der Waals surface area contributed by atoms with Gasteiger partial charge in [-0.1, -0.05) is 17.7 Å². The first kappa shape index (κ1) is 9.61. The third-order valence-electron chi connectivity index (χ3n) is 3.81. The molecule has 0 unspecified atom stereocenters. The van der Waals surface area contributed by atoms with Crippen molar-refractivity contribution >= 4 is 11.6 Å². The van der Waals surface area contributed by atoms with Gasteiger partial charge in [-0.25, -0.2) is 4.39 Å². The van der Waals surface area contributed by atoms with Crippen molar-refractivity contribution in [3.63, 3.8) is 0 Å². The standard InChI is InChI=1S/C12H13ClFN/c1-15-6-9-5-12(9,7-15)8-2-3-11(14)10(13)4-8/h2-4,9H,5-7H2,1H3/t9-,12-/m1/s1. The van der Waals surface area contributed by atoms with Crippen molar-refractivity contribution in [2.75, 3.05) is 20.1 Å². The molecule has 1 aliphatic heterocycles. The predicted molar refractivity (Wildman–Crippen MR) is 58.7 cm³/mol. The van der Waals surface area contributed by atoms with Gasteiger partial charge in [0, 0.05) is 18.5 Å². The van der Waals surface area contributed by atoms with Gasteiger partial charge in [0.1, 0.15) is 5.82 Å². The van der Waals surface area contributed by atoms with Gasteiger partial charge in [-0.05, 0) is 37.1 Å². The average Bonchev–Trinajstić information content (AvgIpc) is 2.75. The summed E-state index contributed by atoms with van der Waals surface area (Å²) >= 11 is 5.82. The normalized spacial score (nSPS) is 34.2. The van der Waals surface area contributed by atoms with Gasteiger partial charge in [-0.15, -0.1) is 0 Å². The van der Waals surface area contributed by atoms with Gasteiger partial charge in [0.15, 0.2) is 0 Å². The summed E-state index contributed by atoms with van der Waals surface area (Å²) in [5, 5.41) is 0.252. The maximum atomic E-state index is 13.1. The van der Waals surface area contributed by atoms with Gasteiger partial charge in [-0.2, -0.15) is 0 Å². The van der Waals surface area contributed by atoms with Crippen molar-refractivity contribution in [3.8, 4) is 0 Å². The predicted octanol–water partition coefficient (Wildman–Crippen LogP) is 2.68. The van der Waals surface area contributed by atoms with E-state index in [1.165, 1.54) is 18.1 Å². The van der Waals surface area contributed by atoms with E-state index < -0.39 is 0 Å². The molecule has 0 radical (unpaired) electrons. The summed E-state index contributed by atoms with van der Waals surface area (Å²) in [6, 6.07) is 5.18. The van der Waals surface area contributed by atoms with Crippen molar-refractivity contribution in [1.29, 1.82) is 0 Å². The maximum Gasteiger partial charge on any atom is 0.141 e. The lowest BCUT2D eigenvalue weighted by molar-refractivity contribution is 0.363. The number of hydrogen-bond acceptors (Lipinski definition) is 1. The van der Waals surface area contributed by atoms with Crippen LogP contribution in [0.25, 0.3) is 0 Å². The monoisotopic (exact) mass is 225 g/mol. The van der Waals surface area contributed by atoms with Crippen molar-refractivity contribution in [2.24, 2.45) is 5.92 Å². The van der Waals surface area contributed by atoms with E-state index >= 15 is 0 Å². The van der Waals surface area contributed by atoms with Crippen LogP contribution in [0.2, 0.25) is 5.02 Å². The molecule has 1 aliphatic carbocycles. The second-order valence-electron chi connectivity index (χ2n) is 4.88. The molecule has 2 atom stereocenters. The van der Waals surface area contributed by atoms with E-state index in [4.69, 9.17) is 11.6 Å². The molecule has 2 aliphatic rings. The summed E-state index contributed by atoms with van der Waals surface area (Å²) in [6.45, 7) is 2.24. The molecule has 0 bridgehead atoms. The number of likely N-dealkylation sites (tertiary alicyclic amines) is 1. The average molecular weight is 226 g/mol. The van der Waals surface area contributed by atoms with Crippen molar-refractivity contribution < 1.29 is 4.39 Å². The van der Waals surface area contributed by atoms with E-state index in [0.29, 0.717) is 0 Å². The molecule has 80 valence electrons. The Morgan fingerprint density at radius 1 is 1.53 bits per heavy atom. The zero-order valence-electron chi connectivity index (χ0n) is 8.63. The number of fused-ring (bicyclic) bond motifs is 1. The van der Waals surface area contributed by atoms with E-state index in [1.54, 1.807) is 6.07 Å². The molecule has 1 saturated carbocycles. The van der Waals surface area contributed by atoms with E-state index in [-0.39, 0.29) is 16.3 Å². The van der Waals surface area contributed by atoms with E-state index in [0.717, 1.165) is 19.0 Å². The second kappa shape index (κ2) is 2.96. The molecule has 3 rings (SSSR count). The molecule has 0 aromatic heterocycles. The molecule has 1 aromatic carbocycles. The molecular formula is C12H13ClFN. The fourth-order valence-corrected chi connectivity index (χ4v) is 3.17. The van der Waals surface area contributed by atoms with Crippen LogP contribution in [0.1, 0.15) is 12.0 Å². The van der Waals surface area contributed by atoms with Crippen LogP contribution in [0.3, 0.4) is 0 Å². The Morgan fingerprint density at radius 2 is 2.33 bits per heavy atom. The first-order valence-corrected chi connectivity index (χ1v) is 5.64. The zero-order chi connectivity index (χ0) is 10.6. The molecule has 0 spiro atoms. The Labute approximate surface area is 93.8 Å². The summed E-state index contributed by atoms with van der Waals surface area (Å²) in [5.41, 5.74) is 1.50. The molecule has 0 amide bonds. The lowest BCUT2D eigenvalue weighted by Gasteiger charge is -2.16. The Balaban J connectivity index is 1.97. The van der Waals surface area contributed by atoms with E-state index in [1.807, 2.05) is 6.07 Å². The van der Waals surface area contributed by atoms with Gasteiger partial charge in [0.25, 0.3) is 0 Å². The minimum Gasteiger partial charge on any atom is -0.305 e. The first-order valence-electron chi connectivity index (χ1n) is 5.26. The van der Waals surface area contributed by atoms with Crippen LogP contribution in [-0.2, 0) is 5.41 Å². The summed E-state index contributed by atoms with van der Waals surface area (Å²) in [5.74, 6) is 0.435. The number of likely N-dealkylation sites (N-methyl/N-ethyl adjacent to an activating group) is 1. The molecule has 0 N–H and O–H groups in total. The summed E-state index contributed by atoms with van der Waals surface area (Å²) in [7, 11) is 2.14. The number of halogens is 2. The number of nitrogens with zero attached hydrogens (tertiary/aromatic N) is 1. The van der Waals surface area contributed by atoms with Crippen LogP contribution in [0.15, 0.2) is 18.2 Å². The molecule has 2 fully saturated rings. The molecule has 15 heavy (non-hydrogen) atoms. The number of benzene rings is 1. The van der Waals surface area contributed by atoms with Crippen LogP contribution in [0.4, 0.5) is 4.39 Å². The molecule has 1 nitrogen and oxygen atoms in total. The van der Waals surface area contributed by atoms with Crippen molar-refractivity contribution in [3.05, 3.63) is 34.6 Å². The van der Waals surface area contributed by atoms with Gasteiger partial charge in [0.2, 0.25) is 0 Å². The Hall–Kier alpha value is -0.600. The van der Waals surface area contributed by atoms with Crippen LogP contribution in [-0.4, -0.2) is 25.0 Å². The van der Waals surface area contributed by atoms with Gasteiger partial charge in [0.05, 0.1) is 5.02 Å². The summed E-state index contributed by atoms with van der Waals surface area (Å²) in [4.78, 5) is 2.34. The lowest BCUT2D eigenvalue weighted by Crippen LogP contribution is -2.22. The molecule has 3 heteroatoms. The lowest BCUT2D eigenvalue weighted by atomic mass is 9.95.